The maximum absolute atomic E-state index is 11.4. The zero-order valence-electron chi connectivity index (χ0n) is 9.65. The maximum Gasteiger partial charge on any atom is 0.324 e. The first-order valence-electron chi connectivity index (χ1n) is 5.84. The molecule has 0 aromatic heterocycles. The Kier molecular flexibility index (Phi) is 3.45. The van der Waals surface area contributed by atoms with Crippen molar-refractivity contribution in [2.75, 3.05) is 13.2 Å². The first kappa shape index (κ1) is 12.1. The van der Waals surface area contributed by atoms with E-state index in [0.29, 0.717) is 19.4 Å². The van der Waals surface area contributed by atoms with Crippen LogP contribution < -0.4 is 5.32 Å². The lowest BCUT2D eigenvalue weighted by Gasteiger charge is -2.35. The molecule has 4 heteroatoms. The number of aliphatic carboxylic acids is 1. The number of aliphatic hydroxyl groups excluding tert-OH is 1. The summed E-state index contributed by atoms with van der Waals surface area (Å²) in [6, 6.07) is 7.94. The van der Waals surface area contributed by atoms with Crippen molar-refractivity contribution < 1.29 is 15.0 Å². The van der Waals surface area contributed by atoms with Gasteiger partial charge >= 0.3 is 5.97 Å². The highest BCUT2D eigenvalue weighted by atomic mass is 16.4. The minimum atomic E-state index is -0.920. The van der Waals surface area contributed by atoms with Crippen LogP contribution in [0.2, 0.25) is 0 Å². The molecule has 2 rings (SSSR count). The Balaban J connectivity index is 2.24. The van der Waals surface area contributed by atoms with Gasteiger partial charge in [0, 0.05) is 13.0 Å². The van der Waals surface area contributed by atoms with Gasteiger partial charge in [-0.25, -0.2) is 0 Å². The molecule has 1 aromatic carbocycles. The molecule has 0 radical (unpaired) electrons. The molecular weight excluding hydrogens is 218 g/mol. The number of hydrogen-bond acceptors (Lipinski definition) is 3. The minimum Gasteiger partial charge on any atom is -0.480 e. The minimum absolute atomic E-state index is 0.0450. The predicted octanol–water partition coefficient (Wildman–Crippen LogP) is 0.581. The number of fused-ring (bicyclic) bond motifs is 1. The summed E-state index contributed by atoms with van der Waals surface area (Å²) in [5.74, 6) is -0.833. The van der Waals surface area contributed by atoms with Gasteiger partial charge in [0.15, 0.2) is 0 Å². The Labute approximate surface area is 100 Å². The fourth-order valence-electron chi connectivity index (χ4n) is 2.44. The van der Waals surface area contributed by atoms with Crippen molar-refractivity contribution in [1.29, 1.82) is 0 Å². The number of carboxylic acids is 1. The van der Waals surface area contributed by atoms with Crippen LogP contribution >= 0.6 is 0 Å². The molecule has 1 unspecified atom stereocenters. The lowest BCUT2D eigenvalue weighted by molar-refractivity contribution is -0.145. The second-order valence-electron chi connectivity index (χ2n) is 4.48. The topological polar surface area (TPSA) is 69.6 Å². The molecular formula is C13H17NO3. The number of carboxylic acid groups (broad SMARTS) is 1. The summed E-state index contributed by atoms with van der Waals surface area (Å²) < 4.78 is 0. The Hall–Kier alpha value is -1.39. The van der Waals surface area contributed by atoms with Gasteiger partial charge in [-0.15, -0.1) is 0 Å². The molecule has 0 amide bonds. The average Bonchev–Trinajstić information content (AvgIpc) is 2.36. The molecule has 0 heterocycles. The van der Waals surface area contributed by atoms with E-state index in [1.165, 1.54) is 5.56 Å². The van der Waals surface area contributed by atoms with Crippen molar-refractivity contribution in [3.8, 4) is 0 Å². The molecule has 1 aromatic rings. The summed E-state index contributed by atoms with van der Waals surface area (Å²) in [5.41, 5.74) is 1.40. The molecule has 1 atom stereocenters. The van der Waals surface area contributed by atoms with E-state index in [-0.39, 0.29) is 6.61 Å². The molecule has 17 heavy (non-hydrogen) atoms. The SMILES string of the molecule is O=C(O)C1(NCCO)CCc2ccccc2C1. The van der Waals surface area contributed by atoms with E-state index in [1.54, 1.807) is 0 Å². The van der Waals surface area contributed by atoms with Gasteiger partial charge in [-0.2, -0.15) is 0 Å². The number of aliphatic hydroxyl groups is 1. The smallest absolute Gasteiger partial charge is 0.324 e. The van der Waals surface area contributed by atoms with E-state index in [4.69, 9.17) is 5.11 Å². The Morgan fingerprint density at radius 2 is 2.06 bits per heavy atom. The predicted molar refractivity (Wildman–Crippen MR) is 63.9 cm³/mol. The van der Waals surface area contributed by atoms with Gasteiger partial charge in [0.2, 0.25) is 0 Å². The van der Waals surface area contributed by atoms with Crippen LogP contribution in [0.15, 0.2) is 24.3 Å². The van der Waals surface area contributed by atoms with Gasteiger partial charge in [-0.1, -0.05) is 24.3 Å². The number of aryl methyl sites for hydroxylation is 1. The van der Waals surface area contributed by atoms with E-state index >= 15 is 0 Å². The molecule has 1 aliphatic rings. The molecule has 1 aliphatic carbocycles. The van der Waals surface area contributed by atoms with Crippen molar-refractivity contribution in [2.45, 2.75) is 24.8 Å². The van der Waals surface area contributed by atoms with Crippen LogP contribution in [-0.2, 0) is 17.6 Å². The number of β-amino-alcohol motifs (C(OH)–C–C–N with tert-alkyl or cyclic N) is 1. The van der Waals surface area contributed by atoms with Gasteiger partial charge in [-0.3, -0.25) is 10.1 Å². The van der Waals surface area contributed by atoms with Crippen LogP contribution in [0.5, 0.6) is 0 Å². The summed E-state index contributed by atoms with van der Waals surface area (Å²) in [7, 11) is 0. The second kappa shape index (κ2) is 4.85. The van der Waals surface area contributed by atoms with Gasteiger partial charge in [-0.05, 0) is 24.0 Å². The van der Waals surface area contributed by atoms with Gasteiger partial charge in [0.05, 0.1) is 6.61 Å². The fraction of sp³-hybridized carbons (Fsp3) is 0.462. The Bertz CT molecular complexity index is 419. The summed E-state index contributed by atoms with van der Waals surface area (Å²) in [6.07, 6.45) is 1.82. The number of hydrogen-bond donors (Lipinski definition) is 3. The highest BCUT2D eigenvalue weighted by Crippen LogP contribution is 2.28. The molecule has 0 spiro atoms. The van der Waals surface area contributed by atoms with Crippen molar-refractivity contribution >= 4 is 5.97 Å². The third-order valence-corrected chi connectivity index (χ3v) is 3.42. The van der Waals surface area contributed by atoms with Crippen molar-refractivity contribution in [3.63, 3.8) is 0 Å². The lowest BCUT2D eigenvalue weighted by Crippen LogP contribution is -2.56. The lowest BCUT2D eigenvalue weighted by atomic mass is 9.78. The van der Waals surface area contributed by atoms with Crippen LogP contribution in [0.1, 0.15) is 17.5 Å². The van der Waals surface area contributed by atoms with Crippen LogP contribution in [-0.4, -0.2) is 34.9 Å². The fourth-order valence-corrected chi connectivity index (χ4v) is 2.44. The third-order valence-electron chi connectivity index (χ3n) is 3.42. The third kappa shape index (κ3) is 2.33. The summed E-state index contributed by atoms with van der Waals surface area (Å²) in [5, 5.41) is 21.2. The van der Waals surface area contributed by atoms with Crippen molar-refractivity contribution in [3.05, 3.63) is 35.4 Å². The molecule has 0 bridgehead atoms. The average molecular weight is 235 g/mol. The van der Waals surface area contributed by atoms with Crippen molar-refractivity contribution in [2.24, 2.45) is 0 Å². The number of nitrogens with one attached hydrogen (secondary N) is 1. The first-order valence-corrected chi connectivity index (χ1v) is 5.84. The quantitative estimate of drug-likeness (QED) is 0.714. The molecule has 0 aliphatic heterocycles. The number of carbonyl (C=O) groups is 1. The van der Waals surface area contributed by atoms with E-state index < -0.39 is 11.5 Å². The van der Waals surface area contributed by atoms with Gasteiger partial charge < -0.3 is 10.2 Å². The van der Waals surface area contributed by atoms with Crippen LogP contribution in [0.4, 0.5) is 0 Å². The number of rotatable bonds is 4. The molecule has 92 valence electrons. The van der Waals surface area contributed by atoms with Crippen LogP contribution in [0, 0.1) is 0 Å². The standard InChI is InChI=1S/C13H17NO3/c15-8-7-14-13(12(16)17)6-5-10-3-1-2-4-11(10)9-13/h1-4,14-15H,5-9H2,(H,16,17). The van der Waals surface area contributed by atoms with Gasteiger partial charge in [0.1, 0.15) is 5.54 Å². The normalized spacial score (nSPS) is 23.1. The molecule has 4 nitrogen and oxygen atoms in total. The van der Waals surface area contributed by atoms with Crippen LogP contribution in [0.25, 0.3) is 0 Å². The Morgan fingerprint density at radius 3 is 2.71 bits per heavy atom. The van der Waals surface area contributed by atoms with E-state index in [2.05, 4.69) is 5.32 Å². The van der Waals surface area contributed by atoms with Gasteiger partial charge in [0.25, 0.3) is 0 Å². The number of benzene rings is 1. The summed E-state index contributed by atoms with van der Waals surface area (Å²) in [4.78, 5) is 11.4. The second-order valence-corrected chi connectivity index (χ2v) is 4.48. The molecule has 0 saturated carbocycles. The molecule has 3 N–H and O–H groups in total. The zero-order chi connectivity index (χ0) is 12.3. The van der Waals surface area contributed by atoms with Crippen LogP contribution in [0.3, 0.4) is 0 Å². The Morgan fingerprint density at radius 1 is 1.35 bits per heavy atom. The van der Waals surface area contributed by atoms with E-state index in [9.17, 15) is 9.90 Å². The van der Waals surface area contributed by atoms with E-state index in [1.807, 2.05) is 24.3 Å². The first-order chi connectivity index (χ1) is 8.18. The molecule has 0 fully saturated rings. The van der Waals surface area contributed by atoms with Crippen molar-refractivity contribution in [1.82, 2.24) is 5.32 Å². The monoisotopic (exact) mass is 235 g/mol. The maximum atomic E-state index is 11.4. The largest absolute Gasteiger partial charge is 0.480 e. The highest BCUT2D eigenvalue weighted by Gasteiger charge is 2.40. The van der Waals surface area contributed by atoms with E-state index in [0.717, 1.165) is 12.0 Å². The zero-order valence-corrected chi connectivity index (χ0v) is 9.65. The summed E-state index contributed by atoms with van der Waals surface area (Å²) >= 11 is 0. The summed E-state index contributed by atoms with van der Waals surface area (Å²) in [6.45, 7) is 0.269. The molecule has 0 saturated heterocycles. The highest BCUT2D eigenvalue weighted by molar-refractivity contribution is 5.80.